The molecule has 0 spiro atoms. The standard InChI is InChI=1S/C26H43N5O9S4/c1-12(2)23(37)15-6-20(34)17(7-21(35)36)29-24(38)16(27)9-42-44-11-19(28-5)25(39)31-22(14(4)33)26(40)30-18(13(3)32)10-43-41-8-15/h12,14-19,22,28,33H,6-11,27H2,1-5H3,(H,29,38)(H,30,40)(H,31,39)(H,35,36)/t14-,15+,16+,17+,18+,19+,22+/m1/s1. The van der Waals surface area contributed by atoms with E-state index in [1.807, 2.05) is 0 Å². The van der Waals surface area contributed by atoms with Gasteiger partial charge in [0.1, 0.15) is 11.8 Å². The number of amides is 3. The quantitative estimate of drug-likeness (QED) is 0.164. The fourth-order valence-corrected chi connectivity index (χ4v) is 8.77. The number of aliphatic hydroxyl groups is 1. The molecule has 0 bridgehead atoms. The molecule has 1 aliphatic heterocycles. The van der Waals surface area contributed by atoms with Crippen LogP contribution < -0.4 is 27.0 Å². The fraction of sp³-hybridized carbons (Fsp3) is 0.731. The largest absolute Gasteiger partial charge is 0.481 e. The molecule has 1 fully saturated rings. The molecule has 1 heterocycles. The van der Waals surface area contributed by atoms with Crippen LogP contribution in [0.2, 0.25) is 0 Å². The van der Waals surface area contributed by atoms with Crippen LogP contribution in [0.5, 0.6) is 0 Å². The van der Waals surface area contributed by atoms with Crippen molar-refractivity contribution in [2.75, 3.05) is 30.1 Å². The molecule has 0 aliphatic carbocycles. The van der Waals surface area contributed by atoms with Crippen molar-refractivity contribution in [3.05, 3.63) is 0 Å². The second-order valence-corrected chi connectivity index (χ2v) is 15.7. The van der Waals surface area contributed by atoms with Crippen molar-refractivity contribution in [3.63, 3.8) is 0 Å². The summed E-state index contributed by atoms with van der Waals surface area (Å²) in [5.41, 5.74) is 5.99. The average Bonchev–Trinajstić information content (AvgIpc) is 2.94. The minimum atomic E-state index is -1.39. The molecular formula is C26H43N5O9S4. The number of aliphatic carboxylic acids is 1. The lowest BCUT2D eigenvalue weighted by Gasteiger charge is -2.26. The summed E-state index contributed by atoms with van der Waals surface area (Å²) in [6.07, 6.45) is -2.27. The van der Waals surface area contributed by atoms with Crippen LogP contribution in [0.15, 0.2) is 0 Å². The van der Waals surface area contributed by atoms with E-state index in [2.05, 4.69) is 21.3 Å². The lowest BCUT2D eigenvalue weighted by Crippen LogP contribution is -2.58. The highest BCUT2D eigenvalue weighted by atomic mass is 33.1. The van der Waals surface area contributed by atoms with E-state index in [1.165, 1.54) is 64.1 Å². The normalized spacial score (nSPS) is 28.5. The highest BCUT2D eigenvalue weighted by Gasteiger charge is 2.33. The van der Waals surface area contributed by atoms with Gasteiger partial charge >= 0.3 is 5.97 Å². The van der Waals surface area contributed by atoms with E-state index >= 15 is 0 Å². The van der Waals surface area contributed by atoms with E-state index < -0.39 is 84.0 Å². The Morgan fingerprint density at radius 2 is 1.50 bits per heavy atom. The Bertz CT molecular complexity index is 1050. The Balaban J connectivity index is 3.29. The minimum Gasteiger partial charge on any atom is -0.481 e. The molecule has 250 valence electrons. The van der Waals surface area contributed by atoms with Crippen molar-refractivity contribution >= 4 is 84.2 Å². The summed E-state index contributed by atoms with van der Waals surface area (Å²) >= 11 is 0. The van der Waals surface area contributed by atoms with Crippen molar-refractivity contribution in [2.45, 2.75) is 76.8 Å². The van der Waals surface area contributed by atoms with E-state index in [4.69, 9.17) is 5.73 Å². The number of carbonyl (C=O) groups excluding carboxylic acids is 6. The zero-order chi connectivity index (χ0) is 33.6. The number of Topliss-reactive ketones (excluding diaryl/α,β-unsaturated/α-hetero) is 3. The van der Waals surface area contributed by atoms with E-state index in [0.717, 1.165) is 0 Å². The molecule has 18 heteroatoms. The lowest BCUT2D eigenvalue weighted by molar-refractivity contribution is -0.140. The highest BCUT2D eigenvalue weighted by molar-refractivity contribution is 8.77. The highest BCUT2D eigenvalue weighted by Crippen LogP contribution is 2.29. The van der Waals surface area contributed by atoms with Crippen LogP contribution in [-0.2, 0) is 33.6 Å². The van der Waals surface area contributed by atoms with Crippen LogP contribution in [0.1, 0.15) is 40.5 Å². The van der Waals surface area contributed by atoms with Crippen LogP contribution in [0, 0.1) is 11.8 Å². The van der Waals surface area contributed by atoms with Crippen LogP contribution >= 0.6 is 43.2 Å². The van der Waals surface area contributed by atoms with Gasteiger partial charge in [-0.25, -0.2) is 0 Å². The van der Waals surface area contributed by atoms with Crippen LogP contribution in [0.4, 0.5) is 0 Å². The number of ketones is 3. The van der Waals surface area contributed by atoms with Gasteiger partial charge in [-0.05, 0) is 20.9 Å². The number of carbonyl (C=O) groups is 7. The van der Waals surface area contributed by atoms with Gasteiger partial charge in [-0.15, -0.1) is 0 Å². The molecule has 0 radical (unpaired) electrons. The van der Waals surface area contributed by atoms with Crippen molar-refractivity contribution in [3.8, 4) is 0 Å². The summed E-state index contributed by atoms with van der Waals surface area (Å²) in [6, 6.07) is -5.60. The van der Waals surface area contributed by atoms with Crippen molar-refractivity contribution in [1.82, 2.24) is 21.3 Å². The molecular weight excluding hydrogens is 655 g/mol. The van der Waals surface area contributed by atoms with Crippen molar-refractivity contribution < 1.29 is 43.8 Å². The number of nitrogens with two attached hydrogens (primary N) is 1. The first-order valence-corrected chi connectivity index (χ1v) is 18.9. The molecule has 8 N–H and O–H groups in total. The molecule has 0 saturated carbocycles. The molecule has 1 saturated heterocycles. The Morgan fingerprint density at radius 1 is 0.909 bits per heavy atom. The third-order valence-electron chi connectivity index (χ3n) is 6.53. The molecule has 3 amide bonds. The van der Waals surface area contributed by atoms with Crippen molar-refractivity contribution in [1.29, 1.82) is 0 Å². The van der Waals surface area contributed by atoms with Gasteiger partial charge in [0, 0.05) is 41.3 Å². The predicted molar refractivity (Wildman–Crippen MR) is 174 cm³/mol. The zero-order valence-electron chi connectivity index (χ0n) is 25.3. The molecule has 0 aromatic carbocycles. The second-order valence-electron chi connectivity index (χ2n) is 10.6. The van der Waals surface area contributed by atoms with Crippen molar-refractivity contribution in [2.24, 2.45) is 17.6 Å². The first-order valence-electron chi connectivity index (χ1n) is 13.9. The molecule has 0 aromatic rings. The first-order chi connectivity index (χ1) is 20.6. The third-order valence-corrected chi connectivity index (χ3v) is 11.5. The Kier molecular flexibility index (Phi) is 18.6. The van der Waals surface area contributed by atoms with Gasteiger partial charge in [-0.3, -0.25) is 33.6 Å². The van der Waals surface area contributed by atoms with Gasteiger partial charge in [0.2, 0.25) is 17.7 Å². The molecule has 14 nitrogen and oxygen atoms in total. The van der Waals surface area contributed by atoms with E-state index in [9.17, 15) is 43.8 Å². The second kappa shape index (κ2) is 20.3. The Labute approximate surface area is 272 Å². The number of rotatable bonds is 7. The number of likely N-dealkylation sites (N-methyl/N-ethyl adjacent to an activating group) is 1. The smallest absolute Gasteiger partial charge is 0.305 e. The zero-order valence-corrected chi connectivity index (χ0v) is 28.6. The number of hydrogen-bond acceptors (Lipinski definition) is 14. The number of carboxylic acids is 1. The SMILES string of the molecule is CN[C@H]1CSSC[C@H](N)C(=O)N[C@@H](CC(=O)O)C(=O)C[C@H](C(=O)C(C)C)CSSC[C@@H](C(C)=O)NC(=O)[C@H]([C@@H](C)O)NC1=O. The number of nitrogens with one attached hydrogen (secondary N) is 4. The number of hydrogen-bond donors (Lipinski definition) is 7. The maximum atomic E-state index is 13.2. The first kappa shape index (κ1) is 40.2. The number of carboxylic acid groups (broad SMARTS) is 1. The number of aliphatic hydroxyl groups excluding tert-OH is 1. The van der Waals surface area contributed by atoms with E-state index in [1.54, 1.807) is 13.8 Å². The van der Waals surface area contributed by atoms with E-state index in [0.29, 0.717) is 0 Å². The third kappa shape index (κ3) is 14.1. The average molecular weight is 698 g/mol. The molecule has 0 unspecified atom stereocenters. The predicted octanol–water partition coefficient (Wildman–Crippen LogP) is -0.622. The summed E-state index contributed by atoms with van der Waals surface area (Å²) in [4.78, 5) is 88.7. The summed E-state index contributed by atoms with van der Waals surface area (Å²) in [6.45, 7) is 5.97. The van der Waals surface area contributed by atoms with Crippen LogP contribution in [-0.4, -0.2) is 118 Å². The molecule has 1 aliphatic rings. The summed E-state index contributed by atoms with van der Waals surface area (Å²) in [5, 5.41) is 29.9. The molecule has 44 heavy (non-hydrogen) atoms. The van der Waals surface area contributed by atoms with Gasteiger partial charge in [0.15, 0.2) is 11.6 Å². The minimum absolute atomic E-state index is 0.0655. The van der Waals surface area contributed by atoms with Gasteiger partial charge in [-0.1, -0.05) is 57.0 Å². The summed E-state index contributed by atoms with van der Waals surface area (Å²) in [7, 11) is 6.29. The molecule has 0 aromatic heterocycles. The topological polar surface area (TPSA) is 234 Å². The Morgan fingerprint density at radius 3 is 2.05 bits per heavy atom. The molecule has 1 rings (SSSR count). The van der Waals surface area contributed by atoms with Crippen LogP contribution in [0.3, 0.4) is 0 Å². The van der Waals surface area contributed by atoms with Gasteiger partial charge < -0.3 is 37.2 Å². The summed E-state index contributed by atoms with van der Waals surface area (Å²) in [5.74, 6) is -5.33. The maximum absolute atomic E-state index is 13.2. The summed E-state index contributed by atoms with van der Waals surface area (Å²) < 4.78 is 0. The maximum Gasteiger partial charge on any atom is 0.305 e. The van der Waals surface area contributed by atoms with Gasteiger partial charge in [0.05, 0.1) is 36.7 Å². The van der Waals surface area contributed by atoms with Gasteiger partial charge in [0.25, 0.3) is 0 Å². The van der Waals surface area contributed by atoms with Gasteiger partial charge in [-0.2, -0.15) is 0 Å². The monoisotopic (exact) mass is 697 g/mol. The fourth-order valence-electron chi connectivity index (χ4n) is 3.83. The Hall–Kier alpha value is -1.83. The van der Waals surface area contributed by atoms with E-state index in [-0.39, 0.29) is 41.0 Å². The molecule has 7 atom stereocenters. The lowest BCUT2D eigenvalue weighted by atomic mass is 9.90. The van der Waals surface area contributed by atoms with Crippen LogP contribution in [0.25, 0.3) is 0 Å².